The maximum atomic E-state index is 11.9. The van der Waals surface area contributed by atoms with Crippen molar-refractivity contribution in [1.82, 2.24) is 4.31 Å². The summed E-state index contributed by atoms with van der Waals surface area (Å²) in [7, 11) is -3.07. The van der Waals surface area contributed by atoms with Gasteiger partial charge in [0.2, 0.25) is 10.0 Å². The lowest BCUT2D eigenvalue weighted by atomic mass is 10.3. The minimum absolute atomic E-state index is 0.0282. The van der Waals surface area contributed by atoms with Crippen molar-refractivity contribution >= 4 is 21.6 Å². The predicted octanol–water partition coefficient (Wildman–Crippen LogP) is 1.68. The van der Waals surface area contributed by atoms with E-state index in [0.717, 1.165) is 12.8 Å². The summed E-state index contributed by atoms with van der Waals surface area (Å²) in [6, 6.07) is 0.0282. The van der Waals surface area contributed by atoms with Gasteiger partial charge in [-0.05, 0) is 18.8 Å². The van der Waals surface area contributed by atoms with Gasteiger partial charge < -0.3 is 0 Å². The van der Waals surface area contributed by atoms with Gasteiger partial charge in [0.1, 0.15) is 0 Å². The molecule has 5 heteroatoms. The van der Waals surface area contributed by atoms with Crippen LogP contribution >= 0.6 is 11.6 Å². The molecule has 0 spiro atoms. The van der Waals surface area contributed by atoms with E-state index in [1.54, 1.807) is 4.31 Å². The third-order valence-corrected chi connectivity index (χ3v) is 5.04. The summed E-state index contributed by atoms with van der Waals surface area (Å²) in [4.78, 5) is 0. The summed E-state index contributed by atoms with van der Waals surface area (Å²) in [5.74, 6) is 0.828. The summed E-state index contributed by atoms with van der Waals surface area (Å²) in [5, 5.41) is 0. The molecule has 0 N–H and O–H groups in total. The first-order chi connectivity index (χ1) is 6.47. The molecule has 14 heavy (non-hydrogen) atoms. The lowest BCUT2D eigenvalue weighted by Gasteiger charge is -2.23. The van der Waals surface area contributed by atoms with Crippen LogP contribution in [0.25, 0.3) is 0 Å². The molecule has 1 fully saturated rings. The molecule has 1 saturated heterocycles. The minimum Gasteiger partial charge on any atom is -0.212 e. The molecule has 0 saturated carbocycles. The van der Waals surface area contributed by atoms with E-state index in [0.29, 0.717) is 12.4 Å². The number of halogens is 1. The normalized spacial score (nSPS) is 24.7. The Labute approximate surface area is 91.5 Å². The fraction of sp³-hybridized carbons (Fsp3) is 1.00. The van der Waals surface area contributed by atoms with Crippen molar-refractivity contribution in [3.63, 3.8) is 0 Å². The second kappa shape index (κ2) is 4.81. The SMILES string of the molecule is CC(C)CS(=O)(=O)N1CCCC1CCl. The molecule has 0 radical (unpaired) electrons. The second-order valence-corrected chi connectivity index (χ2v) is 6.51. The number of alkyl halides is 1. The van der Waals surface area contributed by atoms with Crippen molar-refractivity contribution in [1.29, 1.82) is 0 Å². The Morgan fingerprint density at radius 3 is 2.64 bits per heavy atom. The summed E-state index contributed by atoms with van der Waals surface area (Å²) >= 11 is 5.74. The fourth-order valence-electron chi connectivity index (χ4n) is 1.85. The smallest absolute Gasteiger partial charge is 0.212 e. The average Bonchev–Trinajstić information content (AvgIpc) is 2.48. The van der Waals surface area contributed by atoms with Gasteiger partial charge in [0.05, 0.1) is 5.75 Å². The minimum atomic E-state index is -3.07. The molecule has 0 aliphatic carbocycles. The number of rotatable bonds is 4. The van der Waals surface area contributed by atoms with Gasteiger partial charge in [-0.2, -0.15) is 4.31 Å². The van der Waals surface area contributed by atoms with Gasteiger partial charge in [0.15, 0.2) is 0 Å². The Hall–Kier alpha value is 0.200. The first kappa shape index (κ1) is 12.3. The van der Waals surface area contributed by atoms with Crippen molar-refractivity contribution in [2.24, 2.45) is 5.92 Å². The van der Waals surface area contributed by atoms with E-state index < -0.39 is 10.0 Å². The van der Waals surface area contributed by atoms with Gasteiger partial charge in [-0.1, -0.05) is 13.8 Å². The van der Waals surface area contributed by atoms with E-state index in [-0.39, 0.29) is 17.7 Å². The highest BCUT2D eigenvalue weighted by molar-refractivity contribution is 7.89. The number of sulfonamides is 1. The van der Waals surface area contributed by atoms with Crippen LogP contribution in [-0.4, -0.2) is 36.9 Å². The number of hydrogen-bond donors (Lipinski definition) is 0. The summed E-state index contributed by atoms with van der Waals surface area (Å²) in [6.45, 7) is 4.49. The summed E-state index contributed by atoms with van der Waals surface area (Å²) < 4.78 is 25.3. The molecular weight excluding hydrogens is 222 g/mol. The van der Waals surface area contributed by atoms with Gasteiger partial charge in [-0.3, -0.25) is 0 Å². The summed E-state index contributed by atoms with van der Waals surface area (Å²) in [5.41, 5.74) is 0. The highest BCUT2D eigenvalue weighted by Gasteiger charge is 2.33. The summed E-state index contributed by atoms with van der Waals surface area (Å²) in [6.07, 6.45) is 1.84. The van der Waals surface area contributed by atoms with Gasteiger partial charge in [0.25, 0.3) is 0 Å². The van der Waals surface area contributed by atoms with E-state index >= 15 is 0 Å². The molecule has 0 amide bonds. The van der Waals surface area contributed by atoms with Crippen LogP contribution in [-0.2, 0) is 10.0 Å². The zero-order valence-electron chi connectivity index (χ0n) is 8.74. The fourth-order valence-corrected chi connectivity index (χ4v) is 4.32. The van der Waals surface area contributed by atoms with Crippen molar-refractivity contribution < 1.29 is 8.42 Å². The molecule has 1 heterocycles. The lowest BCUT2D eigenvalue weighted by Crippen LogP contribution is -2.39. The van der Waals surface area contributed by atoms with Crippen LogP contribution in [0.1, 0.15) is 26.7 Å². The first-order valence-electron chi connectivity index (χ1n) is 5.03. The van der Waals surface area contributed by atoms with E-state index in [9.17, 15) is 8.42 Å². The maximum absolute atomic E-state index is 11.9. The Balaban J connectivity index is 2.71. The maximum Gasteiger partial charge on any atom is 0.214 e. The molecule has 1 aliphatic heterocycles. The van der Waals surface area contributed by atoms with Crippen LogP contribution < -0.4 is 0 Å². The third-order valence-electron chi connectivity index (χ3n) is 2.40. The zero-order chi connectivity index (χ0) is 10.8. The van der Waals surface area contributed by atoms with E-state index in [1.807, 2.05) is 13.8 Å². The van der Waals surface area contributed by atoms with Crippen molar-refractivity contribution in [3.8, 4) is 0 Å². The molecule has 0 aromatic rings. The van der Waals surface area contributed by atoms with Gasteiger partial charge >= 0.3 is 0 Å². The quantitative estimate of drug-likeness (QED) is 0.700. The molecule has 3 nitrogen and oxygen atoms in total. The Morgan fingerprint density at radius 2 is 2.14 bits per heavy atom. The highest BCUT2D eigenvalue weighted by atomic mass is 35.5. The van der Waals surface area contributed by atoms with Gasteiger partial charge in [-0.15, -0.1) is 11.6 Å². The van der Waals surface area contributed by atoms with Crippen LogP contribution in [0.4, 0.5) is 0 Å². The van der Waals surface area contributed by atoms with E-state index in [1.165, 1.54) is 0 Å². The highest BCUT2D eigenvalue weighted by Crippen LogP contribution is 2.23. The van der Waals surface area contributed by atoms with E-state index in [2.05, 4.69) is 0 Å². The van der Waals surface area contributed by atoms with Crippen LogP contribution in [0, 0.1) is 5.92 Å². The molecular formula is C9H18ClNO2S. The molecule has 0 aromatic heterocycles. The Bertz CT molecular complexity index is 277. The monoisotopic (exact) mass is 239 g/mol. The van der Waals surface area contributed by atoms with Crippen LogP contribution in [0.3, 0.4) is 0 Å². The van der Waals surface area contributed by atoms with Crippen molar-refractivity contribution in [2.45, 2.75) is 32.7 Å². The topological polar surface area (TPSA) is 37.4 Å². The lowest BCUT2D eigenvalue weighted by molar-refractivity contribution is 0.407. The second-order valence-electron chi connectivity index (χ2n) is 4.23. The molecule has 0 aromatic carbocycles. The van der Waals surface area contributed by atoms with Crippen LogP contribution in [0.15, 0.2) is 0 Å². The molecule has 0 bridgehead atoms. The first-order valence-corrected chi connectivity index (χ1v) is 7.17. The van der Waals surface area contributed by atoms with Gasteiger partial charge in [-0.25, -0.2) is 8.42 Å². The van der Waals surface area contributed by atoms with Crippen molar-refractivity contribution in [3.05, 3.63) is 0 Å². The standard InChI is InChI=1S/C9H18ClNO2S/c1-8(2)7-14(12,13)11-5-3-4-9(11)6-10/h8-9H,3-7H2,1-2H3. The molecule has 1 aliphatic rings. The molecule has 1 atom stereocenters. The predicted molar refractivity (Wildman–Crippen MR) is 59.1 cm³/mol. The average molecular weight is 240 g/mol. The van der Waals surface area contributed by atoms with Gasteiger partial charge in [0, 0.05) is 18.5 Å². The van der Waals surface area contributed by atoms with Crippen LogP contribution in [0.2, 0.25) is 0 Å². The Kier molecular flexibility index (Phi) is 4.22. The molecule has 1 rings (SSSR count). The number of nitrogens with zero attached hydrogens (tertiary/aromatic N) is 1. The third kappa shape index (κ3) is 2.84. The molecule has 84 valence electrons. The van der Waals surface area contributed by atoms with Crippen molar-refractivity contribution in [2.75, 3.05) is 18.2 Å². The zero-order valence-corrected chi connectivity index (χ0v) is 10.3. The van der Waals surface area contributed by atoms with Crippen LogP contribution in [0.5, 0.6) is 0 Å². The number of hydrogen-bond acceptors (Lipinski definition) is 2. The van der Waals surface area contributed by atoms with E-state index in [4.69, 9.17) is 11.6 Å². The Morgan fingerprint density at radius 1 is 1.50 bits per heavy atom. The largest absolute Gasteiger partial charge is 0.214 e. The molecule has 1 unspecified atom stereocenters.